The van der Waals surface area contributed by atoms with Crippen LogP contribution in [0.25, 0.3) is 0 Å². The number of unbranched alkanes of at least 4 members (excludes halogenated alkanes) is 11. The van der Waals surface area contributed by atoms with Gasteiger partial charge in [0.2, 0.25) is 5.82 Å². The minimum atomic E-state index is -4.51. The van der Waals surface area contributed by atoms with Crippen LogP contribution < -0.4 is 11.2 Å². The molecule has 3 N–H and O–H groups in total. The number of ketones is 1. The fourth-order valence-electron chi connectivity index (χ4n) is 4.46. The molecule has 0 radical (unpaired) electrons. The van der Waals surface area contributed by atoms with Crippen molar-refractivity contribution in [3.05, 3.63) is 32.9 Å². The zero-order valence-electron chi connectivity index (χ0n) is 22.4. The first-order valence-electron chi connectivity index (χ1n) is 13.5. The van der Waals surface area contributed by atoms with Crippen LogP contribution in [0.3, 0.4) is 0 Å². The minimum Gasteiger partial charge on any atom is -0.379 e. The maximum Gasteiger partial charge on any atom is 0.472 e. The molecular formula is C25H42FN2O9P. The molecule has 2 rings (SSSR count). The van der Waals surface area contributed by atoms with Crippen molar-refractivity contribution in [1.82, 2.24) is 9.55 Å². The van der Waals surface area contributed by atoms with E-state index >= 15 is 0 Å². The molecule has 4 atom stereocenters. The fourth-order valence-corrected chi connectivity index (χ4v) is 5.21. The standard InChI is InChI=1S/C25H42FN2O9P/c1-3-4-5-6-7-8-9-10-11-12-13-14-15-35-38(33,34)36-18-21-25(32,19(2)29)16-22(37-21)28-17-20(26)23(30)27-24(28)31/h17,21-22,32H,3-16,18H2,1-2H3,(H,33,34)(H,27,30,31)/t21-,22-,25-/m1/s1. The molecule has 11 nitrogen and oxygen atoms in total. The van der Waals surface area contributed by atoms with E-state index in [4.69, 9.17) is 13.8 Å². The lowest BCUT2D eigenvalue weighted by molar-refractivity contribution is -0.144. The van der Waals surface area contributed by atoms with Crippen LogP contribution in [0.1, 0.15) is 104 Å². The van der Waals surface area contributed by atoms with E-state index in [0.717, 1.165) is 26.2 Å². The Morgan fingerprint density at radius 2 is 1.66 bits per heavy atom. The molecule has 0 aromatic carbocycles. The van der Waals surface area contributed by atoms with Crippen LogP contribution in [-0.4, -0.2) is 50.3 Å². The largest absolute Gasteiger partial charge is 0.472 e. The highest BCUT2D eigenvalue weighted by atomic mass is 31.2. The Bertz CT molecular complexity index is 1050. The van der Waals surface area contributed by atoms with Crippen LogP contribution in [0.4, 0.5) is 4.39 Å². The molecule has 1 fully saturated rings. The van der Waals surface area contributed by atoms with Crippen molar-refractivity contribution in [2.24, 2.45) is 0 Å². The molecule has 1 aromatic heterocycles. The first kappa shape index (κ1) is 32.5. The van der Waals surface area contributed by atoms with Crippen LogP contribution in [0.15, 0.2) is 15.8 Å². The van der Waals surface area contributed by atoms with E-state index in [9.17, 15) is 33.3 Å². The van der Waals surface area contributed by atoms with Crippen molar-refractivity contribution in [3.8, 4) is 0 Å². The number of aromatic nitrogens is 2. The van der Waals surface area contributed by atoms with Crippen molar-refractivity contribution < 1.29 is 37.5 Å². The van der Waals surface area contributed by atoms with Gasteiger partial charge in [0.1, 0.15) is 12.3 Å². The highest BCUT2D eigenvalue weighted by Crippen LogP contribution is 2.46. The van der Waals surface area contributed by atoms with Gasteiger partial charge >= 0.3 is 13.5 Å². The highest BCUT2D eigenvalue weighted by molar-refractivity contribution is 7.47. The Labute approximate surface area is 222 Å². The number of phosphoric ester groups is 1. The summed E-state index contributed by atoms with van der Waals surface area (Å²) >= 11 is 0. The number of aromatic amines is 1. The van der Waals surface area contributed by atoms with Crippen LogP contribution >= 0.6 is 7.82 Å². The lowest BCUT2D eigenvalue weighted by Crippen LogP contribution is -2.47. The Morgan fingerprint density at radius 1 is 1.11 bits per heavy atom. The highest BCUT2D eigenvalue weighted by Gasteiger charge is 2.52. The van der Waals surface area contributed by atoms with E-state index in [1.807, 2.05) is 0 Å². The third-order valence-corrected chi connectivity index (χ3v) is 7.81. The number of hydrogen-bond donors (Lipinski definition) is 3. The van der Waals surface area contributed by atoms with Crippen molar-refractivity contribution in [2.45, 2.75) is 115 Å². The molecule has 2 heterocycles. The van der Waals surface area contributed by atoms with Gasteiger partial charge in [0, 0.05) is 6.42 Å². The molecule has 0 amide bonds. The number of H-pyrrole nitrogens is 1. The van der Waals surface area contributed by atoms with E-state index in [-0.39, 0.29) is 6.61 Å². The van der Waals surface area contributed by atoms with Gasteiger partial charge in [0.25, 0.3) is 5.56 Å². The van der Waals surface area contributed by atoms with Gasteiger partial charge in [-0.25, -0.2) is 9.36 Å². The Balaban J connectivity index is 1.72. The molecule has 1 aromatic rings. The van der Waals surface area contributed by atoms with Crippen LogP contribution in [0, 0.1) is 5.82 Å². The number of rotatable bonds is 19. The summed E-state index contributed by atoms with van der Waals surface area (Å²) in [4.78, 5) is 47.2. The summed E-state index contributed by atoms with van der Waals surface area (Å²) in [5.74, 6) is -2.00. The molecule has 1 unspecified atom stereocenters. The minimum absolute atomic E-state index is 0.00236. The number of carbonyl (C=O) groups is 1. The quantitative estimate of drug-likeness (QED) is 0.166. The molecule has 0 spiro atoms. The second-order valence-corrected chi connectivity index (χ2v) is 11.3. The number of Topliss-reactive ketones (excluding diaryl/α,β-unsaturated/α-hetero) is 1. The molecule has 1 aliphatic heterocycles. The predicted molar refractivity (Wildman–Crippen MR) is 138 cm³/mol. The van der Waals surface area contributed by atoms with E-state index in [1.54, 1.807) is 4.98 Å². The molecule has 0 saturated carbocycles. The summed E-state index contributed by atoms with van der Waals surface area (Å²) < 4.78 is 42.1. The summed E-state index contributed by atoms with van der Waals surface area (Å²) in [5.41, 5.74) is -4.41. The van der Waals surface area contributed by atoms with Crippen molar-refractivity contribution in [1.29, 1.82) is 0 Å². The van der Waals surface area contributed by atoms with Gasteiger partial charge in [-0.1, -0.05) is 77.6 Å². The Kier molecular flexibility index (Phi) is 13.5. The fraction of sp³-hybridized carbons (Fsp3) is 0.800. The Morgan fingerprint density at radius 3 is 2.21 bits per heavy atom. The summed E-state index contributed by atoms with van der Waals surface area (Å²) in [6.45, 7) is 2.60. The molecule has 1 aliphatic rings. The van der Waals surface area contributed by atoms with E-state index in [1.165, 1.54) is 51.4 Å². The average molecular weight is 565 g/mol. The number of halogens is 1. The maximum absolute atomic E-state index is 13.7. The number of phosphoric acid groups is 1. The number of carbonyl (C=O) groups excluding carboxylic acids is 1. The molecular weight excluding hydrogens is 522 g/mol. The molecule has 0 bridgehead atoms. The van der Waals surface area contributed by atoms with Crippen LogP contribution in [0.2, 0.25) is 0 Å². The first-order valence-corrected chi connectivity index (χ1v) is 15.0. The normalized spacial score (nSPS) is 23.0. The third-order valence-electron chi connectivity index (χ3n) is 6.83. The zero-order valence-corrected chi connectivity index (χ0v) is 23.3. The monoisotopic (exact) mass is 564 g/mol. The van der Waals surface area contributed by atoms with Crippen LogP contribution in [-0.2, 0) is 23.1 Å². The second kappa shape index (κ2) is 15.8. The van der Waals surface area contributed by atoms with Crippen LogP contribution in [0.5, 0.6) is 0 Å². The first-order chi connectivity index (χ1) is 18.0. The van der Waals surface area contributed by atoms with Gasteiger partial charge in [-0.15, -0.1) is 0 Å². The smallest absolute Gasteiger partial charge is 0.379 e. The average Bonchev–Trinajstić information content (AvgIpc) is 3.20. The predicted octanol–water partition coefficient (Wildman–Crippen LogP) is 4.12. The second-order valence-electron chi connectivity index (χ2n) is 9.89. The van der Waals surface area contributed by atoms with Gasteiger partial charge in [-0.05, 0) is 13.3 Å². The lowest BCUT2D eigenvalue weighted by atomic mass is 9.91. The van der Waals surface area contributed by atoms with E-state index in [0.29, 0.717) is 17.2 Å². The number of nitrogens with zero attached hydrogens (tertiary/aromatic N) is 1. The van der Waals surface area contributed by atoms with Crippen molar-refractivity contribution >= 4 is 13.6 Å². The van der Waals surface area contributed by atoms with E-state index in [2.05, 4.69) is 6.92 Å². The van der Waals surface area contributed by atoms with Gasteiger partial charge in [-0.3, -0.25) is 28.2 Å². The summed E-state index contributed by atoms with van der Waals surface area (Å²) in [6, 6.07) is 0. The molecule has 0 aliphatic carbocycles. The van der Waals surface area contributed by atoms with Gasteiger partial charge in [0.05, 0.1) is 19.4 Å². The lowest BCUT2D eigenvalue weighted by Gasteiger charge is -2.25. The Hall–Kier alpha value is -1.69. The maximum atomic E-state index is 13.7. The molecule has 13 heteroatoms. The molecule has 218 valence electrons. The zero-order chi connectivity index (χ0) is 28.2. The van der Waals surface area contributed by atoms with Crippen molar-refractivity contribution in [3.63, 3.8) is 0 Å². The van der Waals surface area contributed by atoms with Crippen molar-refractivity contribution in [2.75, 3.05) is 13.2 Å². The summed E-state index contributed by atoms with van der Waals surface area (Å²) in [5, 5.41) is 10.8. The number of ether oxygens (including phenoxy) is 1. The number of hydrogen-bond acceptors (Lipinski definition) is 8. The van der Waals surface area contributed by atoms with Gasteiger partial charge in [0.15, 0.2) is 11.4 Å². The number of aliphatic hydroxyl groups is 1. The van der Waals surface area contributed by atoms with Gasteiger partial charge in [-0.2, -0.15) is 4.39 Å². The number of nitrogens with one attached hydrogen (secondary N) is 1. The summed E-state index contributed by atoms with van der Waals surface area (Å²) in [6.07, 6.45) is 11.1. The topological polar surface area (TPSA) is 157 Å². The SMILES string of the molecule is CCCCCCCCCCCCCCOP(=O)(O)OC[C@H]1O[C@@H](n2cc(F)c(=O)[nH]c2=O)C[C@@]1(O)C(C)=O. The molecule has 1 saturated heterocycles. The van der Waals surface area contributed by atoms with E-state index < -0.39 is 61.6 Å². The molecule has 38 heavy (non-hydrogen) atoms. The van der Waals surface area contributed by atoms with Gasteiger partial charge < -0.3 is 14.7 Å². The third kappa shape index (κ3) is 10.1. The summed E-state index contributed by atoms with van der Waals surface area (Å²) in [7, 11) is -4.51.